The molecule has 46 heavy (non-hydrogen) atoms. The molecular formula is C34H29F3N4O5. The van der Waals surface area contributed by atoms with Crippen LogP contribution in [-0.2, 0) is 15.8 Å². The number of carbonyl (C=O) groups excluding carboxylic acids is 2. The van der Waals surface area contributed by atoms with Gasteiger partial charge in [0.1, 0.15) is 18.8 Å². The van der Waals surface area contributed by atoms with Crippen LogP contribution < -0.4 is 24.8 Å². The average Bonchev–Trinajstić information content (AvgIpc) is 3.33. The van der Waals surface area contributed by atoms with Gasteiger partial charge < -0.3 is 24.8 Å². The van der Waals surface area contributed by atoms with Gasteiger partial charge in [0.05, 0.1) is 49.7 Å². The smallest absolute Gasteiger partial charge is 0.416 e. The third-order valence-electron chi connectivity index (χ3n) is 7.08. The summed E-state index contributed by atoms with van der Waals surface area (Å²) in [6, 6.07) is 23.2. The number of nitrogens with zero attached hydrogens (tertiary/aromatic N) is 2. The van der Waals surface area contributed by atoms with Crippen LogP contribution in [0, 0.1) is 0 Å². The monoisotopic (exact) mass is 630 g/mol. The van der Waals surface area contributed by atoms with E-state index in [-0.39, 0.29) is 30.5 Å². The summed E-state index contributed by atoms with van der Waals surface area (Å²) < 4.78 is 54.7. The molecule has 9 nitrogen and oxygen atoms in total. The fourth-order valence-corrected chi connectivity index (χ4v) is 4.92. The first-order chi connectivity index (χ1) is 22.1. The van der Waals surface area contributed by atoms with Crippen molar-refractivity contribution in [3.8, 4) is 17.2 Å². The molecule has 0 saturated carbocycles. The van der Waals surface area contributed by atoms with E-state index in [1.54, 1.807) is 38.5 Å². The van der Waals surface area contributed by atoms with Gasteiger partial charge in [-0.2, -0.15) is 13.2 Å². The number of aliphatic imine (C=N–C) groups is 2. The van der Waals surface area contributed by atoms with Crippen LogP contribution in [0.3, 0.4) is 0 Å². The summed E-state index contributed by atoms with van der Waals surface area (Å²) in [5.74, 6) is 1.20. The van der Waals surface area contributed by atoms with E-state index in [1.807, 2.05) is 36.4 Å². The van der Waals surface area contributed by atoms with Crippen molar-refractivity contribution in [3.63, 3.8) is 0 Å². The molecule has 0 spiro atoms. The number of benzodiazepines with no additional fused rings is 2. The molecule has 0 aliphatic carbocycles. The van der Waals surface area contributed by atoms with Gasteiger partial charge in [-0.1, -0.05) is 42.5 Å². The van der Waals surface area contributed by atoms with E-state index in [4.69, 9.17) is 14.2 Å². The maximum absolute atomic E-state index is 13.0. The predicted molar refractivity (Wildman–Crippen MR) is 169 cm³/mol. The number of fused-ring (bicyclic) bond motifs is 2. The van der Waals surface area contributed by atoms with E-state index in [9.17, 15) is 22.8 Å². The van der Waals surface area contributed by atoms with E-state index < -0.39 is 11.7 Å². The van der Waals surface area contributed by atoms with E-state index in [0.717, 1.165) is 29.0 Å². The molecule has 0 unspecified atom stereocenters. The molecule has 0 saturated heterocycles. The second-order valence-corrected chi connectivity index (χ2v) is 10.0. The molecule has 4 aromatic rings. The molecular weight excluding hydrogens is 601 g/mol. The molecule has 2 N–H and O–H groups in total. The number of alkyl halides is 3. The van der Waals surface area contributed by atoms with Gasteiger partial charge in [-0.15, -0.1) is 0 Å². The van der Waals surface area contributed by atoms with Gasteiger partial charge in [0.25, 0.3) is 0 Å². The second-order valence-electron chi connectivity index (χ2n) is 10.0. The van der Waals surface area contributed by atoms with Gasteiger partial charge in [-0.05, 0) is 36.4 Å². The molecule has 2 heterocycles. The van der Waals surface area contributed by atoms with Crippen molar-refractivity contribution < 1.29 is 37.0 Å². The van der Waals surface area contributed by atoms with Crippen LogP contribution in [-0.4, -0.2) is 57.7 Å². The molecule has 2 aliphatic rings. The summed E-state index contributed by atoms with van der Waals surface area (Å²) >= 11 is 0. The van der Waals surface area contributed by atoms with Gasteiger partial charge in [0.2, 0.25) is 11.8 Å². The van der Waals surface area contributed by atoms with Crippen LogP contribution >= 0.6 is 0 Å². The van der Waals surface area contributed by atoms with E-state index in [2.05, 4.69) is 20.6 Å². The summed E-state index contributed by atoms with van der Waals surface area (Å²) in [5.41, 5.74) is 4.02. The lowest BCUT2D eigenvalue weighted by molar-refractivity contribution is -0.137. The number of nitrogens with one attached hydrogen (secondary N) is 2. The van der Waals surface area contributed by atoms with Crippen LogP contribution in [0.25, 0.3) is 0 Å². The fourth-order valence-electron chi connectivity index (χ4n) is 4.92. The number of hydrogen-bond donors (Lipinski definition) is 2. The average molecular weight is 631 g/mol. The van der Waals surface area contributed by atoms with Gasteiger partial charge in [-0.3, -0.25) is 19.6 Å². The first-order valence-electron chi connectivity index (χ1n) is 14.0. The Bertz CT molecular complexity index is 1840. The zero-order chi connectivity index (χ0) is 32.8. The number of methoxy groups -OCH3 is 3. The number of carbonyl (C=O) groups is 2. The van der Waals surface area contributed by atoms with Crippen molar-refractivity contribution >= 4 is 34.6 Å². The van der Waals surface area contributed by atoms with Crippen LogP contribution in [0.5, 0.6) is 17.2 Å². The van der Waals surface area contributed by atoms with E-state index in [1.165, 1.54) is 19.2 Å². The zero-order valence-electron chi connectivity index (χ0n) is 25.1. The molecule has 2 aliphatic heterocycles. The Balaban J connectivity index is 0.000000182. The standard InChI is InChI=1S/C17H13F3N2O2.C17H16N2O3/c1-24-12-5-6-14-13(8-12)16(21-9-15(23)22-14)10-3-2-4-11(7-10)17(18,19)20;1-21-14-8-12-13(9-15(14)22-2)19-16(20)10-18-17(12)11-6-4-3-5-7-11/h2-8H,9H2,1H3,(H,22,23);3-9H,10H2,1-2H3,(H,19,20). The van der Waals surface area contributed by atoms with Crippen LogP contribution in [0.15, 0.2) is 94.9 Å². The highest BCUT2D eigenvalue weighted by Crippen LogP contribution is 2.36. The highest BCUT2D eigenvalue weighted by atomic mass is 19.4. The number of anilines is 2. The Morgan fingerprint density at radius 1 is 0.630 bits per heavy atom. The third kappa shape index (κ3) is 7.01. The topological polar surface area (TPSA) is 111 Å². The summed E-state index contributed by atoms with van der Waals surface area (Å²) in [4.78, 5) is 32.3. The van der Waals surface area contributed by atoms with Gasteiger partial charge >= 0.3 is 6.18 Å². The minimum absolute atomic E-state index is 0.0868. The van der Waals surface area contributed by atoms with Crippen molar-refractivity contribution in [3.05, 3.63) is 113 Å². The van der Waals surface area contributed by atoms with Crippen LogP contribution in [0.4, 0.5) is 24.5 Å². The number of hydrogen-bond acceptors (Lipinski definition) is 7. The second kappa shape index (κ2) is 13.6. The number of ether oxygens (including phenoxy) is 3. The highest BCUT2D eigenvalue weighted by molar-refractivity contribution is 6.20. The molecule has 12 heteroatoms. The van der Waals surface area contributed by atoms with Crippen molar-refractivity contribution in [2.24, 2.45) is 9.98 Å². The lowest BCUT2D eigenvalue weighted by Crippen LogP contribution is -2.13. The fraction of sp³-hybridized carbons (Fsp3) is 0.176. The van der Waals surface area contributed by atoms with Gasteiger partial charge in [0.15, 0.2) is 11.5 Å². The lowest BCUT2D eigenvalue weighted by Gasteiger charge is -2.15. The lowest BCUT2D eigenvalue weighted by atomic mass is 9.98. The summed E-state index contributed by atoms with van der Waals surface area (Å²) in [5, 5.41) is 5.55. The van der Waals surface area contributed by atoms with Crippen molar-refractivity contribution in [2.75, 3.05) is 45.1 Å². The molecule has 6 rings (SSSR count). The molecule has 0 radical (unpaired) electrons. The van der Waals surface area contributed by atoms with Crippen LogP contribution in [0.1, 0.15) is 27.8 Å². The SMILES string of the molecule is COc1cc2c(cc1OC)C(c1ccccc1)=NCC(=O)N2.COc1ccc2c(c1)C(c1cccc(C(F)(F)F)c1)=NCC(=O)N2. The summed E-state index contributed by atoms with van der Waals surface area (Å²) in [6.45, 7) is -0.0773. The molecule has 4 aromatic carbocycles. The number of amides is 2. The molecule has 0 aromatic heterocycles. The normalized spacial score (nSPS) is 14.0. The zero-order valence-corrected chi connectivity index (χ0v) is 25.1. The number of benzene rings is 4. The molecule has 0 atom stereocenters. The highest BCUT2D eigenvalue weighted by Gasteiger charge is 2.31. The molecule has 0 bridgehead atoms. The molecule has 2 amide bonds. The molecule has 0 fully saturated rings. The number of rotatable bonds is 5. The van der Waals surface area contributed by atoms with Crippen molar-refractivity contribution in [1.82, 2.24) is 0 Å². The van der Waals surface area contributed by atoms with E-state index >= 15 is 0 Å². The summed E-state index contributed by atoms with van der Waals surface area (Å²) in [6.07, 6.45) is -4.45. The quantitative estimate of drug-likeness (QED) is 0.281. The minimum atomic E-state index is -4.45. The Morgan fingerprint density at radius 3 is 1.85 bits per heavy atom. The number of halogens is 3. The summed E-state index contributed by atoms with van der Waals surface area (Å²) in [7, 11) is 4.63. The minimum Gasteiger partial charge on any atom is -0.497 e. The Labute approximate surface area is 262 Å². The Hall–Kier alpha value is -5.65. The maximum Gasteiger partial charge on any atom is 0.416 e. The maximum atomic E-state index is 13.0. The van der Waals surface area contributed by atoms with Crippen molar-refractivity contribution in [1.29, 1.82) is 0 Å². The molecule has 236 valence electrons. The first-order valence-corrected chi connectivity index (χ1v) is 14.0. The third-order valence-corrected chi connectivity index (χ3v) is 7.08. The first kappa shape index (κ1) is 31.8. The Morgan fingerprint density at radius 2 is 1.22 bits per heavy atom. The predicted octanol–water partition coefficient (Wildman–Crippen LogP) is 6.00. The Kier molecular flexibility index (Phi) is 9.36. The van der Waals surface area contributed by atoms with E-state index in [0.29, 0.717) is 39.9 Å². The largest absolute Gasteiger partial charge is 0.497 e. The van der Waals surface area contributed by atoms with Gasteiger partial charge in [-0.25, -0.2) is 0 Å². The van der Waals surface area contributed by atoms with Crippen molar-refractivity contribution in [2.45, 2.75) is 6.18 Å². The van der Waals surface area contributed by atoms with Crippen LogP contribution in [0.2, 0.25) is 0 Å². The van der Waals surface area contributed by atoms with Gasteiger partial charge in [0, 0.05) is 28.3 Å².